The first kappa shape index (κ1) is 11.7. The first-order valence-corrected chi connectivity index (χ1v) is 7.48. The van der Waals surface area contributed by atoms with Crippen LogP contribution >= 0.6 is 11.8 Å². The zero-order valence-corrected chi connectivity index (χ0v) is 10.9. The Labute approximate surface area is 98.2 Å². The van der Waals surface area contributed by atoms with Crippen molar-refractivity contribution in [3.63, 3.8) is 0 Å². The van der Waals surface area contributed by atoms with Gasteiger partial charge in [0.05, 0.1) is 0 Å². The number of thioether (sulfide) groups is 1. The van der Waals surface area contributed by atoms with Crippen LogP contribution in [0, 0.1) is 5.92 Å². The summed E-state index contributed by atoms with van der Waals surface area (Å²) in [5.41, 5.74) is 0. The predicted octanol–water partition coefficient (Wildman–Crippen LogP) is 1.81. The lowest BCUT2D eigenvalue weighted by Gasteiger charge is -2.44. The molecule has 0 amide bonds. The van der Waals surface area contributed by atoms with Crippen LogP contribution in [0.3, 0.4) is 0 Å². The molecule has 2 heterocycles. The van der Waals surface area contributed by atoms with Gasteiger partial charge in [-0.15, -0.1) is 0 Å². The van der Waals surface area contributed by atoms with E-state index in [1.54, 1.807) is 0 Å². The maximum Gasteiger partial charge on any atom is 0.0247 e. The molecule has 2 nitrogen and oxygen atoms in total. The summed E-state index contributed by atoms with van der Waals surface area (Å²) in [4.78, 5) is 2.79. The van der Waals surface area contributed by atoms with E-state index in [0.29, 0.717) is 0 Å². The fraction of sp³-hybridized carbons (Fsp3) is 1.00. The molecule has 2 aliphatic heterocycles. The lowest BCUT2D eigenvalue weighted by molar-refractivity contribution is 0.0811. The van der Waals surface area contributed by atoms with Crippen LogP contribution in [0.5, 0.6) is 0 Å². The van der Waals surface area contributed by atoms with E-state index in [0.717, 1.165) is 18.0 Å². The second-order valence-corrected chi connectivity index (χ2v) is 6.27. The molecule has 2 saturated heterocycles. The molecule has 0 bridgehead atoms. The van der Waals surface area contributed by atoms with Crippen molar-refractivity contribution in [3.8, 4) is 0 Å². The summed E-state index contributed by atoms with van der Waals surface area (Å²) in [7, 11) is 0. The minimum Gasteiger partial charge on any atom is -0.314 e. The van der Waals surface area contributed by atoms with Crippen molar-refractivity contribution in [2.45, 2.75) is 38.8 Å². The summed E-state index contributed by atoms with van der Waals surface area (Å²) in [6.45, 7) is 8.36. The van der Waals surface area contributed by atoms with E-state index in [2.05, 4.69) is 35.8 Å². The highest BCUT2D eigenvalue weighted by molar-refractivity contribution is 7.99. The molecule has 0 spiro atoms. The fourth-order valence-corrected chi connectivity index (χ4v) is 3.97. The van der Waals surface area contributed by atoms with E-state index >= 15 is 0 Å². The van der Waals surface area contributed by atoms with E-state index in [1.165, 1.54) is 44.0 Å². The highest BCUT2D eigenvalue weighted by atomic mass is 32.2. The number of rotatable bonds is 2. The third-order valence-electron chi connectivity index (χ3n) is 3.70. The van der Waals surface area contributed by atoms with Gasteiger partial charge in [0, 0.05) is 37.5 Å². The van der Waals surface area contributed by atoms with E-state index < -0.39 is 0 Å². The van der Waals surface area contributed by atoms with Crippen molar-refractivity contribution in [2.75, 3.05) is 31.1 Å². The number of nitrogens with one attached hydrogen (secondary N) is 1. The Hall–Kier alpha value is 0.270. The molecule has 0 aromatic heterocycles. The number of hydrogen-bond donors (Lipinski definition) is 1. The number of hydrogen-bond acceptors (Lipinski definition) is 3. The van der Waals surface area contributed by atoms with E-state index in [-0.39, 0.29) is 0 Å². The van der Waals surface area contributed by atoms with Crippen LogP contribution in [0.25, 0.3) is 0 Å². The van der Waals surface area contributed by atoms with Gasteiger partial charge >= 0.3 is 0 Å². The van der Waals surface area contributed by atoms with E-state index in [1.807, 2.05) is 0 Å². The SMILES string of the molecule is CC(C)C1CNCCN1C1CCCSC1. The molecule has 3 heteroatoms. The zero-order valence-electron chi connectivity index (χ0n) is 10.0. The van der Waals surface area contributed by atoms with Crippen molar-refractivity contribution in [1.82, 2.24) is 10.2 Å². The average molecular weight is 228 g/mol. The van der Waals surface area contributed by atoms with Crippen LogP contribution in [-0.2, 0) is 0 Å². The predicted molar refractivity (Wildman–Crippen MR) is 68.5 cm³/mol. The molecule has 0 radical (unpaired) electrons. The Morgan fingerprint density at radius 3 is 2.93 bits per heavy atom. The maximum absolute atomic E-state index is 3.54. The molecule has 0 saturated carbocycles. The summed E-state index contributed by atoms with van der Waals surface area (Å²) >= 11 is 2.15. The first-order chi connectivity index (χ1) is 7.29. The molecule has 2 unspecified atom stereocenters. The van der Waals surface area contributed by atoms with Gasteiger partial charge in [-0.3, -0.25) is 4.90 Å². The van der Waals surface area contributed by atoms with Crippen molar-refractivity contribution in [2.24, 2.45) is 5.92 Å². The maximum atomic E-state index is 3.54. The minimum absolute atomic E-state index is 0.766. The molecule has 0 aromatic carbocycles. The van der Waals surface area contributed by atoms with Crippen molar-refractivity contribution >= 4 is 11.8 Å². The first-order valence-electron chi connectivity index (χ1n) is 6.33. The summed E-state index contributed by atoms with van der Waals surface area (Å²) in [5.74, 6) is 3.53. The van der Waals surface area contributed by atoms with Gasteiger partial charge in [-0.05, 0) is 24.5 Å². The summed E-state index contributed by atoms with van der Waals surface area (Å²) in [6, 6.07) is 1.63. The van der Waals surface area contributed by atoms with Crippen molar-refractivity contribution < 1.29 is 0 Å². The molecule has 2 atom stereocenters. The molecule has 1 N–H and O–H groups in total. The van der Waals surface area contributed by atoms with Crippen LogP contribution in [0.1, 0.15) is 26.7 Å². The van der Waals surface area contributed by atoms with Crippen LogP contribution < -0.4 is 5.32 Å². The standard InChI is InChI=1S/C12H24N2S/c1-10(2)12-8-13-5-6-14(12)11-4-3-7-15-9-11/h10-13H,3-9H2,1-2H3. The molecular weight excluding hydrogens is 204 g/mol. The molecule has 0 aromatic rings. The van der Waals surface area contributed by atoms with Gasteiger partial charge in [0.25, 0.3) is 0 Å². The molecule has 15 heavy (non-hydrogen) atoms. The Kier molecular flexibility index (Phi) is 4.35. The molecule has 2 aliphatic rings. The number of nitrogens with zero attached hydrogens (tertiary/aromatic N) is 1. The van der Waals surface area contributed by atoms with Crippen LogP contribution in [0.2, 0.25) is 0 Å². The number of piperazine rings is 1. The Morgan fingerprint density at radius 1 is 1.40 bits per heavy atom. The van der Waals surface area contributed by atoms with Gasteiger partial charge < -0.3 is 5.32 Å². The third kappa shape index (κ3) is 2.89. The third-order valence-corrected chi connectivity index (χ3v) is 4.90. The second kappa shape index (κ2) is 5.55. The zero-order chi connectivity index (χ0) is 10.7. The molecule has 0 aliphatic carbocycles. The Morgan fingerprint density at radius 2 is 2.27 bits per heavy atom. The Bertz CT molecular complexity index is 190. The largest absolute Gasteiger partial charge is 0.314 e. The van der Waals surface area contributed by atoms with E-state index in [9.17, 15) is 0 Å². The summed E-state index contributed by atoms with van der Waals surface area (Å²) < 4.78 is 0. The fourth-order valence-electron chi connectivity index (χ4n) is 2.80. The summed E-state index contributed by atoms with van der Waals surface area (Å²) in [5, 5.41) is 3.54. The van der Waals surface area contributed by atoms with Gasteiger partial charge in [0.2, 0.25) is 0 Å². The monoisotopic (exact) mass is 228 g/mol. The van der Waals surface area contributed by atoms with Crippen molar-refractivity contribution in [1.29, 1.82) is 0 Å². The minimum atomic E-state index is 0.766. The quantitative estimate of drug-likeness (QED) is 0.776. The molecule has 88 valence electrons. The van der Waals surface area contributed by atoms with Gasteiger partial charge in [-0.1, -0.05) is 13.8 Å². The smallest absolute Gasteiger partial charge is 0.0247 e. The lowest BCUT2D eigenvalue weighted by atomic mass is 9.97. The normalized spacial score (nSPS) is 34.6. The highest BCUT2D eigenvalue weighted by Crippen LogP contribution is 2.25. The van der Waals surface area contributed by atoms with Gasteiger partial charge in [-0.2, -0.15) is 11.8 Å². The molecule has 2 fully saturated rings. The average Bonchev–Trinajstić information content (AvgIpc) is 2.30. The second-order valence-electron chi connectivity index (χ2n) is 5.12. The van der Waals surface area contributed by atoms with Gasteiger partial charge in [-0.25, -0.2) is 0 Å². The highest BCUT2D eigenvalue weighted by Gasteiger charge is 2.31. The van der Waals surface area contributed by atoms with E-state index in [4.69, 9.17) is 0 Å². The van der Waals surface area contributed by atoms with Gasteiger partial charge in [0.15, 0.2) is 0 Å². The topological polar surface area (TPSA) is 15.3 Å². The summed E-state index contributed by atoms with van der Waals surface area (Å²) in [6.07, 6.45) is 2.85. The van der Waals surface area contributed by atoms with Gasteiger partial charge in [0.1, 0.15) is 0 Å². The van der Waals surface area contributed by atoms with Crippen LogP contribution in [0.4, 0.5) is 0 Å². The molecule has 2 rings (SSSR count). The molecular formula is C12H24N2S. The van der Waals surface area contributed by atoms with Crippen molar-refractivity contribution in [3.05, 3.63) is 0 Å². The van der Waals surface area contributed by atoms with Crippen LogP contribution in [-0.4, -0.2) is 48.1 Å². The van der Waals surface area contributed by atoms with Crippen LogP contribution in [0.15, 0.2) is 0 Å². The lowest BCUT2D eigenvalue weighted by Crippen LogP contribution is -2.58. The Balaban J connectivity index is 1.96.